The number of hydrogen-bond donors (Lipinski definition) is 1. The van der Waals surface area contributed by atoms with E-state index >= 15 is 0 Å². The number of benzene rings is 1. The lowest BCUT2D eigenvalue weighted by Crippen LogP contribution is -2.65. The number of nitrogens with one attached hydrogen (secondary N) is 1. The van der Waals surface area contributed by atoms with Crippen LogP contribution in [0.25, 0.3) is 0 Å². The van der Waals surface area contributed by atoms with Gasteiger partial charge in [-0.2, -0.15) is 0 Å². The van der Waals surface area contributed by atoms with Crippen LogP contribution in [0.2, 0.25) is 0 Å². The SMILES string of the molecule is CNc1nccnc1N1C[C@H]2C[C@@H](C1)[C@H](Cc1ccccc1)N1C(=O)CCC[C@@H]21. The highest BCUT2D eigenvalue weighted by Gasteiger charge is 2.49. The maximum atomic E-state index is 13.0. The summed E-state index contributed by atoms with van der Waals surface area (Å²) >= 11 is 0. The van der Waals surface area contributed by atoms with Gasteiger partial charge in [-0.15, -0.1) is 0 Å². The first-order valence-electron chi connectivity index (χ1n) is 10.8. The molecule has 152 valence electrons. The molecule has 2 aromatic rings. The van der Waals surface area contributed by atoms with E-state index in [0.29, 0.717) is 30.2 Å². The number of rotatable bonds is 4. The molecule has 1 aromatic carbocycles. The topological polar surface area (TPSA) is 61.4 Å². The monoisotopic (exact) mass is 391 g/mol. The predicted molar refractivity (Wildman–Crippen MR) is 114 cm³/mol. The number of amides is 1. The number of nitrogens with zero attached hydrogens (tertiary/aromatic N) is 4. The van der Waals surface area contributed by atoms with Crippen molar-refractivity contribution in [3.8, 4) is 0 Å². The predicted octanol–water partition coefficient (Wildman–Crippen LogP) is 2.97. The van der Waals surface area contributed by atoms with Gasteiger partial charge in [0.25, 0.3) is 0 Å². The summed E-state index contributed by atoms with van der Waals surface area (Å²) < 4.78 is 0. The molecule has 1 N–H and O–H groups in total. The molecule has 5 rings (SSSR count). The van der Waals surface area contributed by atoms with Gasteiger partial charge >= 0.3 is 0 Å². The Bertz CT molecular complexity index is 873. The highest BCUT2D eigenvalue weighted by molar-refractivity contribution is 5.78. The first-order valence-corrected chi connectivity index (χ1v) is 10.8. The molecule has 6 heteroatoms. The van der Waals surface area contributed by atoms with E-state index < -0.39 is 0 Å². The minimum Gasteiger partial charge on any atom is -0.370 e. The molecular weight excluding hydrogens is 362 g/mol. The molecule has 1 aromatic heterocycles. The second kappa shape index (κ2) is 7.65. The summed E-state index contributed by atoms with van der Waals surface area (Å²) in [7, 11) is 1.90. The van der Waals surface area contributed by atoms with E-state index in [2.05, 4.69) is 55.4 Å². The summed E-state index contributed by atoms with van der Waals surface area (Å²) in [6.45, 7) is 1.88. The van der Waals surface area contributed by atoms with E-state index in [-0.39, 0.29) is 6.04 Å². The molecule has 0 saturated carbocycles. The lowest BCUT2D eigenvalue weighted by Gasteiger charge is -2.57. The quantitative estimate of drug-likeness (QED) is 0.868. The first-order chi connectivity index (χ1) is 14.2. The van der Waals surface area contributed by atoms with Crippen molar-refractivity contribution in [2.24, 2.45) is 11.8 Å². The molecule has 0 unspecified atom stereocenters. The number of carbonyl (C=O) groups is 1. The maximum absolute atomic E-state index is 13.0. The van der Waals surface area contributed by atoms with E-state index in [4.69, 9.17) is 0 Å². The van der Waals surface area contributed by atoms with Crippen molar-refractivity contribution in [3.63, 3.8) is 0 Å². The molecular formula is C23H29N5O. The first kappa shape index (κ1) is 18.4. The van der Waals surface area contributed by atoms with Crippen LogP contribution >= 0.6 is 0 Å². The third-order valence-corrected chi connectivity index (χ3v) is 7.00. The molecule has 3 saturated heterocycles. The fourth-order valence-corrected chi connectivity index (χ4v) is 5.80. The van der Waals surface area contributed by atoms with Crippen molar-refractivity contribution in [2.75, 3.05) is 30.4 Å². The van der Waals surface area contributed by atoms with Crippen LogP contribution in [0.3, 0.4) is 0 Å². The average molecular weight is 392 g/mol. The van der Waals surface area contributed by atoms with Crippen molar-refractivity contribution in [1.29, 1.82) is 0 Å². The number of carbonyl (C=O) groups excluding carboxylic acids is 1. The molecule has 29 heavy (non-hydrogen) atoms. The average Bonchev–Trinajstić information content (AvgIpc) is 2.77. The molecule has 3 fully saturated rings. The van der Waals surface area contributed by atoms with Gasteiger partial charge in [-0.25, -0.2) is 9.97 Å². The minimum absolute atomic E-state index is 0.268. The van der Waals surface area contributed by atoms with Crippen LogP contribution in [0.1, 0.15) is 31.2 Å². The van der Waals surface area contributed by atoms with Crippen molar-refractivity contribution in [1.82, 2.24) is 14.9 Å². The van der Waals surface area contributed by atoms with Crippen molar-refractivity contribution >= 4 is 17.5 Å². The molecule has 4 heterocycles. The Balaban J connectivity index is 1.48. The van der Waals surface area contributed by atoms with Gasteiger partial charge in [0.05, 0.1) is 0 Å². The number of aromatic nitrogens is 2. The molecule has 0 spiro atoms. The van der Waals surface area contributed by atoms with Gasteiger partial charge < -0.3 is 15.1 Å². The molecule has 2 bridgehead atoms. The van der Waals surface area contributed by atoms with Crippen molar-refractivity contribution in [2.45, 2.75) is 44.2 Å². The van der Waals surface area contributed by atoms with E-state index in [9.17, 15) is 4.79 Å². The maximum Gasteiger partial charge on any atom is 0.223 e. The van der Waals surface area contributed by atoms with Gasteiger partial charge in [-0.3, -0.25) is 4.79 Å². The van der Waals surface area contributed by atoms with Crippen LogP contribution in [-0.2, 0) is 11.2 Å². The van der Waals surface area contributed by atoms with E-state index in [1.807, 2.05) is 7.05 Å². The second-order valence-electron chi connectivity index (χ2n) is 8.66. The van der Waals surface area contributed by atoms with E-state index in [0.717, 1.165) is 44.0 Å². The summed E-state index contributed by atoms with van der Waals surface area (Å²) in [5, 5.41) is 3.19. The molecule has 1 amide bonds. The third kappa shape index (κ3) is 3.34. The lowest BCUT2D eigenvalue weighted by atomic mass is 9.71. The highest BCUT2D eigenvalue weighted by Crippen LogP contribution is 2.43. The molecule has 3 aliphatic rings. The molecule has 3 aliphatic heterocycles. The Morgan fingerprint density at radius 1 is 1.10 bits per heavy atom. The van der Waals surface area contributed by atoms with E-state index in [1.54, 1.807) is 12.4 Å². The van der Waals surface area contributed by atoms with Gasteiger partial charge in [-0.1, -0.05) is 30.3 Å². The van der Waals surface area contributed by atoms with E-state index in [1.165, 1.54) is 12.0 Å². The van der Waals surface area contributed by atoms with Crippen molar-refractivity contribution < 1.29 is 4.79 Å². The lowest BCUT2D eigenvalue weighted by molar-refractivity contribution is -0.148. The zero-order valence-corrected chi connectivity index (χ0v) is 17.0. The van der Waals surface area contributed by atoms with Gasteiger partial charge in [0.1, 0.15) is 0 Å². The summed E-state index contributed by atoms with van der Waals surface area (Å²) in [5.41, 5.74) is 1.32. The largest absolute Gasteiger partial charge is 0.370 e. The normalized spacial score (nSPS) is 28.8. The Labute approximate surface area is 172 Å². The fraction of sp³-hybridized carbons (Fsp3) is 0.522. The Hall–Kier alpha value is -2.63. The second-order valence-corrected chi connectivity index (χ2v) is 8.66. The minimum atomic E-state index is 0.268. The smallest absolute Gasteiger partial charge is 0.223 e. The Kier molecular flexibility index (Phi) is 4.86. The number of anilines is 2. The summed E-state index contributed by atoms with van der Waals surface area (Å²) in [6.07, 6.45) is 8.51. The van der Waals surface area contributed by atoms with Gasteiger partial charge in [-0.05, 0) is 43.1 Å². The highest BCUT2D eigenvalue weighted by atomic mass is 16.2. The molecule has 0 radical (unpaired) electrons. The van der Waals surface area contributed by atoms with Crippen molar-refractivity contribution in [3.05, 3.63) is 48.3 Å². The summed E-state index contributed by atoms with van der Waals surface area (Å²) in [5.74, 6) is 3.11. The Morgan fingerprint density at radius 2 is 1.90 bits per heavy atom. The number of piperidine rings is 3. The van der Waals surface area contributed by atoms with Gasteiger partial charge in [0.2, 0.25) is 5.91 Å². The van der Waals surface area contributed by atoms with Gasteiger partial charge in [0.15, 0.2) is 11.6 Å². The van der Waals surface area contributed by atoms with Crippen LogP contribution in [0.4, 0.5) is 11.6 Å². The zero-order chi connectivity index (χ0) is 19.8. The van der Waals surface area contributed by atoms with Crippen LogP contribution in [0, 0.1) is 11.8 Å². The van der Waals surface area contributed by atoms with Crippen LogP contribution in [0.5, 0.6) is 0 Å². The molecule has 0 aliphatic carbocycles. The fourth-order valence-electron chi connectivity index (χ4n) is 5.80. The number of fused-ring (bicyclic) bond motifs is 4. The van der Waals surface area contributed by atoms with Crippen LogP contribution in [-0.4, -0.2) is 53.0 Å². The van der Waals surface area contributed by atoms with Crippen LogP contribution in [0.15, 0.2) is 42.7 Å². The van der Waals surface area contributed by atoms with Gasteiger partial charge in [0, 0.05) is 51.0 Å². The standard InChI is InChI=1S/C23H29N5O/c1-24-22-23(26-11-10-25-22)27-14-17-13-18(15-27)20(12-16-6-3-2-4-7-16)28-19(17)8-5-9-21(28)29/h2-4,6-7,10-11,17-20H,5,8-9,12-15H2,1H3,(H,24,25)/t17-,18+,19+,20+/m1/s1. The number of hydrogen-bond acceptors (Lipinski definition) is 5. The zero-order valence-electron chi connectivity index (χ0n) is 17.0. The summed E-state index contributed by atoms with van der Waals surface area (Å²) in [6, 6.07) is 11.3. The Morgan fingerprint density at radius 3 is 2.72 bits per heavy atom. The molecule has 6 nitrogen and oxygen atoms in total. The van der Waals surface area contributed by atoms with Crippen LogP contribution < -0.4 is 10.2 Å². The third-order valence-electron chi connectivity index (χ3n) is 7.00. The summed E-state index contributed by atoms with van der Waals surface area (Å²) in [4.78, 5) is 26.8. The molecule has 4 atom stereocenters.